The zero-order chi connectivity index (χ0) is 15.0. The van der Waals surface area contributed by atoms with Crippen LogP contribution in [0.5, 0.6) is 0 Å². The van der Waals surface area contributed by atoms with Gasteiger partial charge in [0.25, 0.3) is 0 Å². The van der Waals surface area contributed by atoms with Gasteiger partial charge < -0.3 is 15.2 Å². The Morgan fingerprint density at radius 1 is 1.55 bits per heavy atom. The lowest BCUT2D eigenvalue weighted by atomic mass is 10.3. The van der Waals surface area contributed by atoms with Crippen LogP contribution in [0.2, 0.25) is 0 Å². The maximum Gasteiger partial charge on any atom is 0.191 e. The van der Waals surface area contributed by atoms with Gasteiger partial charge in [0.2, 0.25) is 0 Å². The van der Waals surface area contributed by atoms with Gasteiger partial charge >= 0.3 is 0 Å². The topological polar surface area (TPSA) is 96.6 Å². The molecule has 0 fully saturated rings. The van der Waals surface area contributed by atoms with Gasteiger partial charge in [-0.3, -0.25) is 0 Å². The van der Waals surface area contributed by atoms with Gasteiger partial charge in [-0.1, -0.05) is 5.16 Å². The summed E-state index contributed by atoms with van der Waals surface area (Å²) < 4.78 is 27.0. The third-order valence-corrected chi connectivity index (χ3v) is 3.52. The summed E-state index contributed by atoms with van der Waals surface area (Å²) in [5, 5.41) is 10.1. The van der Waals surface area contributed by atoms with Gasteiger partial charge in [0.1, 0.15) is 21.8 Å². The highest BCUT2D eigenvalue weighted by atomic mass is 32.2. The summed E-state index contributed by atoms with van der Waals surface area (Å²) in [6.45, 7) is 5.02. The van der Waals surface area contributed by atoms with E-state index in [1.54, 1.807) is 6.07 Å². The summed E-state index contributed by atoms with van der Waals surface area (Å²) in [7, 11) is -2.94. The molecule has 0 aromatic carbocycles. The number of sulfone groups is 1. The molecule has 1 aromatic heterocycles. The molecule has 114 valence electrons. The molecule has 0 radical (unpaired) electrons. The molecule has 1 unspecified atom stereocenters. The van der Waals surface area contributed by atoms with E-state index in [0.29, 0.717) is 18.9 Å². The van der Waals surface area contributed by atoms with Gasteiger partial charge in [0.15, 0.2) is 5.96 Å². The van der Waals surface area contributed by atoms with Gasteiger partial charge in [-0.15, -0.1) is 0 Å². The Bertz CT molecular complexity index is 511. The van der Waals surface area contributed by atoms with Crippen LogP contribution < -0.4 is 10.6 Å². The SMILES string of the molecule is CCNC(=NCc1ccon1)NC(C)CCS(C)(=O)=O. The van der Waals surface area contributed by atoms with E-state index >= 15 is 0 Å². The van der Waals surface area contributed by atoms with Crippen molar-refractivity contribution >= 4 is 15.8 Å². The number of guanidine groups is 1. The fourth-order valence-corrected chi connectivity index (χ4v) is 2.28. The van der Waals surface area contributed by atoms with Gasteiger partial charge in [-0.05, 0) is 20.3 Å². The number of aliphatic imine (C=N–C) groups is 1. The summed E-state index contributed by atoms with van der Waals surface area (Å²) in [5.74, 6) is 0.792. The minimum Gasteiger partial charge on any atom is -0.364 e. The second-order valence-corrected chi connectivity index (χ2v) is 6.91. The first-order valence-electron chi connectivity index (χ1n) is 6.52. The Hall–Kier alpha value is -1.57. The number of nitrogens with one attached hydrogen (secondary N) is 2. The van der Waals surface area contributed by atoms with Crippen LogP contribution in [-0.2, 0) is 16.4 Å². The quantitative estimate of drug-likeness (QED) is 0.564. The van der Waals surface area contributed by atoms with Crippen LogP contribution in [0.25, 0.3) is 0 Å². The van der Waals surface area contributed by atoms with Crippen LogP contribution in [0.15, 0.2) is 21.8 Å². The van der Waals surface area contributed by atoms with Crippen LogP contribution in [0.4, 0.5) is 0 Å². The zero-order valence-electron chi connectivity index (χ0n) is 12.1. The Morgan fingerprint density at radius 3 is 2.85 bits per heavy atom. The molecule has 20 heavy (non-hydrogen) atoms. The van der Waals surface area contributed by atoms with Gasteiger partial charge in [0, 0.05) is 24.9 Å². The number of hydrogen-bond donors (Lipinski definition) is 2. The van der Waals surface area contributed by atoms with Crippen molar-refractivity contribution in [1.29, 1.82) is 0 Å². The van der Waals surface area contributed by atoms with Crippen molar-refractivity contribution < 1.29 is 12.9 Å². The highest BCUT2D eigenvalue weighted by Gasteiger charge is 2.09. The van der Waals surface area contributed by atoms with Crippen molar-refractivity contribution in [2.75, 3.05) is 18.6 Å². The molecule has 0 spiro atoms. The smallest absolute Gasteiger partial charge is 0.191 e. The Morgan fingerprint density at radius 2 is 2.30 bits per heavy atom. The van der Waals surface area contributed by atoms with Crippen LogP contribution >= 0.6 is 0 Å². The van der Waals surface area contributed by atoms with Gasteiger partial charge in [-0.25, -0.2) is 13.4 Å². The Balaban J connectivity index is 2.51. The van der Waals surface area contributed by atoms with Crippen molar-refractivity contribution in [1.82, 2.24) is 15.8 Å². The molecule has 1 atom stereocenters. The minimum atomic E-state index is -2.94. The van der Waals surface area contributed by atoms with Crippen LogP contribution in [0.1, 0.15) is 26.0 Å². The summed E-state index contributed by atoms with van der Waals surface area (Å²) in [6, 6.07) is 1.76. The van der Waals surface area contributed by atoms with E-state index in [2.05, 4.69) is 20.8 Å². The standard InChI is InChI=1S/C12H22N4O3S/c1-4-13-12(14-9-11-5-7-19-16-11)15-10(2)6-8-20(3,17)18/h5,7,10H,4,6,8-9H2,1-3H3,(H2,13,14,15). The molecular weight excluding hydrogens is 280 g/mol. The number of aromatic nitrogens is 1. The van der Waals surface area contributed by atoms with Crippen molar-refractivity contribution in [2.24, 2.45) is 4.99 Å². The predicted molar refractivity (Wildman–Crippen MR) is 78.2 cm³/mol. The molecule has 7 nitrogen and oxygen atoms in total. The molecule has 8 heteroatoms. The van der Waals surface area contributed by atoms with Crippen molar-refractivity contribution in [3.63, 3.8) is 0 Å². The molecule has 1 rings (SSSR count). The van der Waals surface area contributed by atoms with E-state index in [4.69, 9.17) is 4.52 Å². The highest BCUT2D eigenvalue weighted by Crippen LogP contribution is 1.98. The summed E-state index contributed by atoms with van der Waals surface area (Å²) in [6.07, 6.45) is 3.27. The van der Waals surface area contributed by atoms with E-state index in [9.17, 15) is 8.42 Å². The van der Waals surface area contributed by atoms with Crippen molar-refractivity contribution in [2.45, 2.75) is 32.9 Å². The molecule has 1 aromatic rings. The lowest BCUT2D eigenvalue weighted by Crippen LogP contribution is -2.42. The maximum absolute atomic E-state index is 11.1. The molecule has 1 heterocycles. The molecule has 0 bridgehead atoms. The molecule has 0 aliphatic heterocycles. The fraction of sp³-hybridized carbons (Fsp3) is 0.667. The lowest BCUT2D eigenvalue weighted by Gasteiger charge is -2.17. The third-order valence-electron chi connectivity index (χ3n) is 2.54. The maximum atomic E-state index is 11.1. The van der Waals surface area contributed by atoms with E-state index < -0.39 is 9.84 Å². The number of nitrogens with zero attached hydrogens (tertiary/aromatic N) is 2. The van der Waals surface area contributed by atoms with Gasteiger partial charge in [-0.2, -0.15) is 0 Å². The van der Waals surface area contributed by atoms with Crippen molar-refractivity contribution in [3.05, 3.63) is 18.0 Å². The lowest BCUT2D eigenvalue weighted by molar-refractivity contribution is 0.412. The first-order valence-corrected chi connectivity index (χ1v) is 8.58. The Kier molecular flexibility index (Phi) is 6.50. The minimum absolute atomic E-state index is 0.0137. The third kappa shape index (κ3) is 7.13. The first-order chi connectivity index (χ1) is 9.40. The zero-order valence-corrected chi connectivity index (χ0v) is 12.9. The van der Waals surface area contributed by atoms with E-state index in [0.717, 1.165) is 12.2 Å². The van der Waals surface area contributed by atoms with Gasteiger partial charge in [0.05, 0.1) is 12.3 Å². The molecule has 0 amide bonds. The highest BCUT2D eigenvalue weighted by molar-refractivity contribution is 7.90. The fourth-order valence-electron chi connectivity index (χ4n) is 1.50. The summed E-state index contributed by atoms with van der Waals surface area (Å²) in [5.41, 5.74) is 0.742. The van der Waals surface area contributed by atoms with Crippen LogP contribution in [0, 0.1) is 0 Å². The number of rotatable bonds is 7. The van der Waals surface area contributed by atoms with E-state index in [1.807, 2.05) is 13.8 Å². The summed E-state index contributed by atoms with van der Waals surface area (Å²) in [4.78, 5) is 4.36. The first kappa shape index (κ1) is 16.5. The molecule has 0 saturated heterocycles. The predicted octanol–water partition coefficient (Wildman–Crippen LogP) is 0.553. The largest absolute Gasteiger partial charge is 0.364 e. The summed E-state index contributed by atoms with van der Waals surface area (Å²) >= 11 is 0. The molecule has 0 saturated carbocycles. The normalized spacial score (nSPS) is 14.1. The van der Waals surface area contributed by atoms with E-state index in [1.165, 1.54) is 12.5 Å². The van der Waals surface area contributed by atoms with Crippen LogP contribution in [-0.4, -0.2) is 44.1 Å². The monoisotopic (exact) mass is 302 g/mol. The Labute approximate surface area is 119 Å². The number of hydrogen-bond acceptors (Lipinski definition) is 5. The van der Waals surface area contributed by atoms with E-state index in [-0.39, 0.29) is 11.8 Å². The van der Waals surface area contributed by atoms with Crippen molar-refractivity contribution in [3.8, 4) is 0 Å². The second-order valence-electron chi connectivity index (χ2n) is 4.65. The molecule has 2 N–H and O–H groups in total. The average molecular weight is 302 g/mol. The molecule has 0 aliphatic rings. The molecule has 0 aliphatic carbocycles. The second kappa shape index (κ2) is 7.88. The molecular formula is C12H22N4O3S. The van der Waals surface area contributed by atoms with Crippen LogP contribution in [0.3, 0.4) is 0 Å². The average Bonchev–Trinajstić information content (AvgIpc) is 2.86.